The first-order valence-electron chi connectivity index (χ1n) is 4.78. The number of hydrogen-bond acceptors (Lipinski definition) is 3. The predicted molar refractivity (Wildman–Crippen MR) is 64.7 cm³/mol. The fraction of sp³-hybridized carbons (Fsp3) is 0.182. The van der Waals surface area contributed by atoms with E-state index in [1.165, 1.54) is 0 Å². The number of nitrogens with one attached hydrogen (secondary N) is 1. The van der Waals surface area contributed by atoms with Crippen molar-refractivity contribution in [1.82, 2.24) is 10.2 Å². The zero-order valence-electron chi connectivity index (χ0n) is 9.04. The number of nitrogen functional groups attached to an aromatic ring is 1. The molecule has 0 atom stereocenters. The Bertz CT molecular complexity index is 522. The lowest BCUT2D eigenvalue weighted by atomic mass is 10.1. The first-order valence-corrected chi connectivity index (χ1v) is 5.15. The molecule has 0 spiro atoms. The van der Waals surface area contributed by atoms with Crippen molar-refractivity contribution in [3.8, 4) is 17.0 Å². The number of nitrogens with two attached hydrogens (primary N) is 1. The number of rotatable bonds is 2. The molecule has 4 nitrogen and oxygen atoms in total. The Morgan fingerprint density at radius 2 is 2.19 bits per heavy atom. The average Bonchev–Trinajstić information content (AvgIpc) is 2.60. The van der Waals surface area contributed by atoms with Crippen molar-refractivity contribution in [2.24, 2.45) is 0 Å². The Hall–Kier alpha value is -1.68. The number of hydrogen-bond donors (Lipinski definition) is 2. The Balaban J connectivity index is 2.49. The molecule has 2 aromatic rings. The first kappa shape index (κ1) is 10.8. The van der Waals surface area contributed by atoms with Gasteiger partial charge in [-0.3, -0.25) is 5.10 Å². The summed E-state index contributed by atoms with van der Waals surface area (Å²) in [6.45, 7) is 1.97. The molecule has 0 bridgehead atoms. The maximum Gasteiger partial charge on any atom is 0.148 e. The summed E-state index contributed by atoms with van der Waals surface area (Å²) in [5, 5.41) is 7.07. The molecule has 0 aliphatic heterocycles. The second-order valence-electron chi connectivity index (χ2n) is 3.48. The summed E-state index contributed by atoms with van der Waals surface area (Å²) in [6, 6.07) is 5.74. The zero-order valence-corrected chi connectivity index (χ0v) is 9.80. The van der Waals surface area contributed by atoms with Crippen LogP contribution in [-0.4, -0.2) is 17.3 Å². The van der Waals surface area contributed by atoms with E-state index < -0.39 is 0 Å². The van der Waals surface area contributed by atoms with Crippen LogP contribution >= 0.6 is 11.6 Å². The number of aromatic nitrogens is 2. The molecule has 1 aromatic heterocycles. The number of H-pyrrole nitrogens is 1. The van der Waals surface area contributed by atoms with Gasteiger partial charge < -0.3 is 10.5 Å². The van der Waals surface area contributed by atoms with Gasteiger partial charge in [-0.2, -0.15) is 5.10 Å². The molecular weight excluding hydrogens is 226 g/mol. The van der Waals surface area contributed by atoms with Crippen LogP contribution in [0.5, 0.6) is 5.75 Å². The maximum atomic E-state index is 5.81. The monoisotopic (exact) mass is 237 g/mol. The van der Waals surface area contributed by atoms with Crippen LogP contribution in [0.25, 0.3) is 11.3 Å². The highest BCUT2D eigenvalue weighted by atomic mass is 35.5. The molecule has 84 valence electrons. The highest BCUT2D eigenvalue weighted by molar-refractivity contribution is 6.32. The third-order valence-electron chi connectivity index (χ3n) is 2.43. The Labute approximate surface area is 98.4 Å². The van der Waals surface area contributed by atoms with Crippen LogP contribution in [0.4, 0.5) is 5.69 Å². The zero-order chi connectivity index (χ0) is 11.7. The number of aryl methyl sites for hydroxylation is 1. The molecule has 0 aliphatic rings. The summed E-state index contributed by atoms with van der Waals surface area (Å²) in [6.07, 6.45) is 0. The maximum absolute atomic E-state index is 5.81. The Morgan fingerprint density at radius 1 is 1.44 bits per heavy atom. The average molecular weight is 238 g/mol. The lowest BCUT2D eigenvalue weighted by molar-refractivity contribution is 0.412. The second kappa shape index (κ2) is 4.06. The molecule has 0 saturated carbocycles. The van der Waals surface area contributed by atoms with Crippen LogP contribution in [0.2, 0.25) is 5.15 Å². The highest BCUT2D eigenvalue weighted by Gasteiger charge is 2.11. The fourth-order valence-electron chi connectivity index (χ4n) is 1.58. The molecule has 1 aromatic carbocycles. The molecule has 0 fully saturated rings. The number of halogens is 1. The third-order valence-corrected chi connectivity index (χ3v) is 2.71. The van der Waals surface area contributed by atoms with E-state index in [0.29, 0.717) is 16.5 Å². The van der Waals surface area contributed by atoms with Crippen LogP contribution in [0.3, 0.4) is 0 Å². The predicted octanol–water partition coefficient (Wildman–Crippen LogP) is 2.63. The van der Waals surface area contributed by atoms with Crippen molar-refractivity contribution in [3.63, 3.8) is 0 Å². The number of benzene rings is 1. The topological polar surface area (TPSA) is 63.9 Å². The standard InChI is InChI=1S/C11H12ClN3O/c1-6-5-7(3-4-8(6)16-2)10-9(13)11(12)15-14-10/h3-5H,13H2,1-2H3,(H,14,15). The van der Waals surface area contributed by atoms with E-state index in [1.807, 2.05) is 25.1 Å². The van der Waals surface area contributed by atoms with E-state index in [1.54, 1.807) is 7.11 Å². The Morgan fingerprint density at radius 3 is 2.69 bits per heavy atom. The molecule has 2 rings (SSSR count). The van der Waals surface area contributed by atoms with Gasteiger partial charge in [-0.25, -0.2) is 0 Å². The first-order chi connectivity index (χ1) is 7.63. The lowest BCUT2D eigenvalue weighted by Crippen LogP contribution is -1.90. The molecule has 1 heterocycles. The smallest absolute Gasteiger partial charge is 0.148 e. The number of nitrogens with zero attached hydrogens (tertiary/aromatic N) is 1. The summed E-state index contributed by atoms with van der Waals surface area (Å²) in [5.74, 6) is 0.837. The van der Waals surface area contributed by atoms with Gasteiger partial charge in [0, 0.05) is 5.56 Å². The van der Waals surface area contributed by atoms with E-state index in [0.717, 1.165) is 16.9 Å². The summed E-state index contributed by atoms with van der Waals surface area (Å²) in [5.41, 5.74) is 8.87. The minimum atomic E-state index is 0.364. The summed E-state index contributed by atoms with van der Waals surface area (Å²) < 4.78 is 5.19. The number of methoxy groups -OCH3 is 1. The molecule has 0 aliphatic carbocycles. The van der Waals surface area contributed by atoms with E-state index in [9.17, 15) is 0 Å². The van der Waals surface area contributed by atoms with Crippen LogP contribution in [0.1, 0.15) is 5.56 Å². The molecule has 16 heavy (non-hydrogen) atoms. The Kier molecular flexibility index (Phi) is 2.75. The summed E-state index contributed by atoms with van der Waals surface area (Å²) >= 11 is 5.81. The van der Waals surface area contributed by atoms with Crippen molar-refractivity contribution in [2.75, 3.05) is 12.8 Å². The lowest BCUT2D eigenvalue weighted by Gasteiger charge is -2.06. The van der Waals surface area contributed by atoms with Gasteiger partial charge in [0.25, 0.3) is 0 Å². The van der Waals surface area contributed by atoms with Gasteiger partial charge in [0.05, 0.1) is 12.8 Å². The normalized spacial score (nSPS) is 10.4. The molecular formula is C11H12ClN3O. The van der Waals surface area contributed by atoms with Crippen molar-refractivity contribution >= 4 is 17.3 Å². The largest absolute Gasteiger partial charge is 0.496 e. The van der Waals surface area contributed by atoms with Crippen LogP contribution < -0.4 is 10.5 Å². The van der Waals surface area contributed by atoms with Gasteiger partial charge in [-0.15, -0.1) is 0 Å². The molecule has 0 unspecified atom stereocenters. The molecule has 0 saturated heterocycles. The van der Waals surface area contributed by atoms with Crippen molar-refractivity contribution < 1.29 is 4.74 Å². The van der Waals surface area contributed by atoms with Crippen LogP contribution in [0, 0.1) is 6.92 Å². The molecule has 0 radical (unpaired) electrons. The quantitative estimate of drug-likeness (QED) is 0.844. The summed E-state index contributed by atoms with van der Waals surface area (Å²) in [4.78, 5) is 0. The van der Waals surface area contributed by atoms with Crippen molar-refractivity contribution in [1.29, 1.82) is 0 Å². The summed E-state index contributed by atoms with van der Waals surface area (Å²) in [7, 11) is 1.64. The minimum absolute atomic E-state index is 0.364. The van der Waals surface area contributed by atoms with E-state index in [-0.39, 0.29) is 0 Å². The van der Waals surface area contributed by atoms with E-state index >= 15 is 0 Å². The number of aromatic amines is 1. The molecule has 5 heteroatoms. The van der Waals surface area contributed by atoms with Crippen molar-refractivity contribution in [2.45, 2.75) is 6.92 Å². The van der Waals surface area contributed by atoms with Gasteiger partial charge in [0.2, 0.25) is 0 Å². The van der Waals surface area contributed by atoms with Gasteiger partial charge in [-0.05, 0) is 30.7 Å². The van der Waals surface area contributed by atoms with Gasteiger partial charge in [-0.1, -0.05) is 11.6 Å². The number of ether oxygens (including phenoxy) is 1. The third kappa shape index (κ3) is 1.72. The molecule has 3 N–H and O–H groups in total. The van der Waals surface area contributed by atoms with Gasteiger partial charge in [0.15, 0.2) is 0 Å². The minimum Gasteiger partial charge on any atom is -0.496 e. The second-order valence-corrected chi connectivity index (χ2v) is 3.86. The number of anilines is 1. The van der Waals surface area contributed by atoms with Crippen molar-refractivity contribution in [3.05, 3.63) is 28.9 Å². The van der Waals surface area contributed by atoms with Crippen LogP contribution in [-0.2, 0) is 0 Å². The van der Waals surface area contributed by atoms with Gasteiger partial charge >= 0.3 is 0 Å². The fourth-order valence-corrected chi connectivity index (χ4v) is 1.71. The van der Waals surface area contributed by atoms with E-state index in [4.69, 9.17) is 22.1 Å². The van der Waals surface area contributed by atoms with E-state index in [2.05, 4.69) is 10.2 Å². The highest BCUT2D eigenvalue weighted by Crippen LogP contribution is 2.31. The van der Waals surface area contributed by atoms with Gasteiger partial charge in [0.1, 0.15) is 16.6 Å². The SMILES string of the molecule is COc1ccc(-c2n[nH]c(Cl)c2N)cc1C. The molecule has 0 amide bonds. The van der Waals surface area contributed by atoms with Crippen LogP contribution in [0.15, 0.2) is 18.2 Å².